The smallest absolute Gasteiger partial charge is 0.149 e. The van der Waals surface area contributed by atoms with Gasteiger partial charge in [0.1, 0.15) is 11.2 Å². The molecule has 1 heterocycles. The van der Waals surface area contributed by atoms with E-state index in [9.17, 15) is 10.2 Å². The maximum atomic E-state index is 9.79. The molecule has 0 aromatic heterocycles. The van der Waals surface area contributed by atoms with E-state index in [2.05, 4.69) is 5.32 Å². The van der Waals surface area contributed by atoms with Crippen molar-refractivity contribution in [1.29, 1.82) is 0 Å². The summed E-state index contributed by atoms with van der Waals surface area (Å²) in [6.45, 7) is 2.78. The Labute approximate surface area is 71.2 Å². The van der Waals surface area contributed by atoms with Crippen molar-refractivity contribution in [3.8, 4) is 0 Å². The number of thioether (sulfide) groups is 1. The van der Waals surface area contributed by atoms with Crippen molar-refractivity contribution in [2.24, 2.45) is 0 Å². The lowest BCUT2D eigenvalue weighted by atomic mass is 10.2. The number of nitrogens with one attached hydrogen (secondary N) is 1. The first-order chi connectivity index (χ1) is 5.19. The van der Waals surface area contributed by atoms with Crippen LogP contribution in [0.1, 0.15) is 19.8 Å². The molecule has 0 aromatic rings. The Morgan fingerprint density at radius 1 is 1.73 bits per heavy atom. The van der Waals surface area contributed by atoms with Crippen molar-refractivity contribution in [3.05, 3.63) is 0 Å². The fourth-order valence-corrected chi connectivity index (χ4v) is 2.39. The lowest BCUT2D eigenvalue weighted by Gasteiger charge is -2.36. The molecule has 1 aliphatic rings. The van der Waals surface area contributed by atoms with Crippen molar-refractivity contribution < 1.29 is 10.2 Å². The van der Waals surface area contributed by atoms with Crippen LogP contribution in [0, 0.1) is 0 Å². The van der Waals surface area contributed by atoms with Gasteiger partial charge in [-0.3, -0.25) is 5.32 Å². The number of rotatable bonds is 2. The first-order valence-electron chi connectivity index (χ1n) is 3.97. The normalized spacial score (nSPS) is 39.0. The van der Waals surface area contributed by atoms with Gasteiger partial charge in [-0.05, 0) is 6.42 Å². The second-order valence-corrected chi connectivity index (χ2v) is 4.20. The molecule has 4 heteroatoms. The second-order valence-electron chi connectivity index (χ2n) is 2.80. The van der Waals surface area contributed by atoms with E-state index in [1.807, 2.05) is 6.92 Å². The highest BCUT2D eigenvalue weighted by molar-refractivity contribution is 8.00. The lowest BCUT2D eigenvalue weighted by molar-refractivity contribution is -0.0342. The van der Waals surface area contributed by atoms with Gasteiger partial charge in [-0.25, -0.2) is 0 Å². The Kier molecular flexibility index (Phi) is 3.18. The number of aliphatic hydroxyl groups is 2. The summed E-state index contributed by atoms with van der Waals surface area (Å²) in [6.07, 6.45) is 0.773. The van der Waals surface area contributed by atoms with Crippen molar-refractivity contribution in [2.75, 3.05) is 12.3 Å². The average Bonchev–Trinajstić information content (AvgIpc) is 1.96. The summed E-state index contributed by atoms with van der Waals surface area (Å²) in [4.78, 5) is -0.951. The molecule has 1 aliphatic heterocycles. The summed E-state index contributed by atoms with van der Waals surface area (Å²) >= 11 is 1.44. The van der Waals surface area contributed by atoms with Crippen LogP contribution < -0.4 is 5.32 Å². The molecule has 1 rings (SSSR count). The van der Waals surface area contributed by atoms with Crippen LogP contribution >= 0.6 is 11.8 Å². The molecule has 3 nitrogen and oxygen atoms in total. The van der Waals surface area contributed by atoms with Crippen LogP contribution in [0.5, 0.6) is 0 Å². The van der Waals surface area contributed by atoms with Gasteiger partial charge in [0.25, 0.3) is 0 Å². The lowest BCUT2D eigenvalue weighted by Crippen LogP contribution is -2.53. The van der Waals surface area contributed by atoms with Crippen LogP contribution in [-0.4, -0.2) is 33.7 Å². The van der Waals surface area contributed by atoms with E-state index in [1.54, 1.807) is 0 Å². The standard InChI is InChI=1S/C7H15NO2S/c1-2-3-7(10)6(9)8-4-5-11-7/h6,8-10H,2-5H2,1H3. The summed E-state index contributed by atoms with van der Waals surface area (Å²) in [6, 6.07) is 0. The predicted octanol–water partition coefficient (Wildman–Crippen LogP) is 0.130. The zero-order valence-corrected chi connectivity index (χ0v) is 7.52. The number of aliphatic hydroxyl groups excluding tert-OH is 1. The van der Waals surface area contributed by atoms with Crippen molar-refractivity contribution in [1.82, 2.24) is 5.32 Å². The van der Waals surface area contributed by atoms with Crippen LogP contribution in [0.2, 0.25) is 0 Å². The van der Waals surface area contributed by atoms with Crippen LogP contribution in [0.4, 0.5) is 0 Å². The second kappa shape index (κ2) is 3.76. The van der Waals surface area contributed by atoms with E-state index in [-0.39, 0.29) is 0 Å². The van der Waals surface area contributed by atoms with Gasteiger partial charge in [-0.15, -0.1) is 11.8 Å². The topological polar surface area (TPSA) is 52.5 Å². The molecule has 0 aliphatic carbocycles. The maximum absolute atomic E-state index is 9.79. The molecular weight excluding hydrogens is 162 g/mol. The molecule has 1 fully saturated rings. The Hall–Kier alpha value is 0.230. The fourth-order valence-electron chi connectivity index (χ4n) is 1.23. The molecule has 11 heavy (non-hydrogen) atoms. The molecule has 2 atom stereocenters. The van der Waals surface area contributed by atoms with Gasteiger partial charge in [0, 0.05) is 12.3 Å². The zero-order valence-electron chi connectivity index (χ0n) is 6.71. The predicted molar refractivity (Wildman–Crippen MR) is 46.3 cm³/mol. The highest BCUT2D eigenvalue weighted by atomic mass is 32.2. The van der Waals surface area contributed by atoms with Crippen molar-refractivity contribution in [3.63, 3.8) is 0 Å². The minimum absolute atomic E-state index is 0.645. The van der Waals surface area contributed by atoms with Gasteiger partial charge in [-0.1, -0.05) is 13.3 Å². The van der Waals surface area contributed by atoms with Gasteiger partial charge in [0.15, 0.2) is 0 Å². The Morgan fingerprint density at radius 2 is 2.45 bits per heavy atom. The van der Waals surface area contributed by atoms with E-state index in [0.717, 1.165) is 18.7 Å². The molecule has 0 aromatic carbocycles. The zero-order chi connectivity index (χ0) is 8.32. The number of hydrogen-bond acceptors (Lipinski definition) is 4. The molecular formula is C7H15NO2S. The molecule has 1 saturated heterocycles. The third kappa shape index (κ3) is 2.08. The monoisotopic (exact) mass is 177 g/mol. The van der Waals surface area contributed by atoms with Crippen molar-refractivity contribution in [2.45, 2.75) is 30.9 Å². The largest absolute Gasteiger partial charge is 0.375 e. The Balaban J connectivity index is 2.49. The van der Waals surface area contributed by atoms with E-state index in [1.165, 1.54) is 11.8 Å². The molecule has 3 N–H and O–H groups in total. The van der Waals surface area contributed by atoms with E-state index >= 15 is 0 Å². The maximum Gasteiger partial charge on any atom is 0.149 e. The first kappa shape index (κ1) is 9.32. The molecule has 0 radical (unpaired) electrons. The van der Waals surface area contributed by atoms with E-state index in [4.69, 9.17) is 0 Å². The van der Waals surface area contributed by atoms with E-state index in [0.29, 0.717) is 6.42 Å². The van der Waals surface area contributed by atoms with E-state index < -0.39 is 11.2 Å². The van der Waals surface area contributed by atoms with Gasteiger partial charge in [0.2, 0.25) is 0 Å². The number of hydrogen-bond donors (Lipinski definition) is 3. The minimum Gasteiger partial charge on any atom is -0.375 e. The van der Waals surface area contributed by atoms with Gasteiger partial charge in [0.05, 0.1) is 0 Å². The van der Waals surface area contributed by atoms with Crippen LogP contribution in [-0.2, 0) is 0 Å². The average molecular weight is 177 g/mol. The fraction of sp³-hybridized carbons (Fsp3) is 1.00. The van der Waals surface area contributed by atoms with Gasteiger partial charge in [-0.2, -0.15) is 0 Å². The molecule has 0 amide bonds. The third-order valence-corrected chi connectivity index (χ3v) is 3.16. The van der Waals surface area contributed by atoms with Crippen LogP contribution in [0.15, 0.2) is 0 Å². The SMILES string of the molecule is CCCC1(O)SCCNC1O. The highest BCUT2D eigenvalue weighted by Crippen LogP contribution is 2.32. The third-order valence-electron chi connectivity index (χ3n) is 1.83. The van der Waals surface area contributed by atoms with Crippen molar-refractivity contribution >= 4 is 11.8 Å². The van der Waals surface area contributed by atoms with Crippen LogP contribution in [0.25, 0.3) is 0 Å². The van der Waals surface area contributed by atoms with Crippen LogP contribution in [0.3, 0.4) is 0 Å². The molecule has 2 unspecified atom stereocenters. The minimum atomic E-state index is -0.951. The molecule has 66 valence electrons. The summed E-state index contributed by atoms with van der Waals surface area (Å²) < 4.78 is 0. The molecule has 0 bridgehead atoms. The first-order valence-corrected chi connectivity index (χ1v) is 4.95. The highest BCUT2D eigenvalue weighted by Gasteiger charge is 2.37. The summed E-state index contributed by atoms with van der Waals surface area (Å²) in [5.41, 5.74) is 0. The molecule has 0 saturated carbocycles. The summed E-state index contributed by atoms with van der Waals surface area (Å²) in [5, 5.41) is 22.0. The molecule has 0 spiro atoms. The Bertz CT molecular complexity index is 130. The Morgan fingerprint density at radius 3 is 3.00 bits per heavy atom. The summed E-state index contributed by atoms with van der Waals surface area (Å²) in [7, 11) is 0. The quantitative estimate of drug-likeness (QED) is 0.561. The van der Waals surface area contributed by atoms with Gasteiger partial charge < -0.3 is 10.2 Å². The van der Waals surface area contributed by atoms with Gasteiger partial charge >= 0.3 is 0 Å². The summed E-state index contributed by atoms with van der Waals surface area (Å²) in [5.74, 6) is 0.869.